The maximum Gasteiger partial charge on any atom is 0.333 e. The van der Waals surface area contributed by atoms with Crippen LogP contribution in [-0.2, 0) is 23.8 Å². The summed E-state index contributed by atoms with van der Waals surface area (Å²) in [5, 5.41) is 10.2. The van der Waals surface area contributed by atoms with Gasteiger partial charge in [0.15, 0.2) is 0 Å². The number of hydrogen-bond donors (Lipinski definition) is 1. The van der Waals surface area contributed by atoms with Gasteiger partial charge in [0.1, 0.15) is 18.3 Å². The van der Waals surface area contributed by atoms with Crippen LogP contribution < -0.4 is 0 Å². The third kappa shape index (κ3) is 5.23. The second-order valence-corrected chi connectivity index (χ2v) is 8.77. The molecule has 0 aromatic rings. The lowest BCUT2D eigenvalue weighted by Crippen LogP contribution is -2.60. The van der Waals surface area contributed by atoms with E-state index in [9.17, 15) is 14.7 Å². The Morgan fingerprint density at radius 2 is 1.89 bits per heavy atom. The van der Waals surface area contributed by atoms with Gasteiger partial charge in [-0.25, -0.2) is 4.79 Å². The third-order valence-corrected chi connectivity index (χ3v) is 6.05. The molecule has 0 saturated carbocycles. The van der Waals surface area contributed by atoms with E-state index in [2.05, 4.69) is 0 Å². The summed E-state index contributed by atoms with van der Waals surface area (Å²) < 4.78 is 17.5. The van der Waals surface area contributed by atoms with Crippen LogP contribution in [0.2, 0.25) is 0 Å². The van der Waals surface area contributed by atoms with E-state index >= 15 is 0 Å². The van der Waals surface area contributed by atoms with Crippen LogP contribution in [0.1, 0.15) is 67.2 Å². The van der Waals surface area contributed by atoms with Crippen molar-refractivity contribution in [2.24, 2.45) is 5.92 Å². The smallest absolute Gasteiger partial charge is 0.333 e. The van der Waals surface area contributed by atoms with Crippen molar-refractivity contribution in [3.8, 4) is 0 Å². The lowest BCUT2D eigenvalue weighted by molar-refractivity contribution is -0.256. The van der Waals surface area contributed by atoms with Gasteiger partial charge in [-0.15, -0.1) is 0 Å². The highest BCUT2D eigenvalue weighted by atomic mass is 16.6. The highest BCUT2D eigenvalue weighted by molar-refractivity contribution is 5.87. The molecule has 0 amide bonds. The van der Waals surface area contributed by atoms with Gasteiger partial charge in [-0.1, -0.05) is 18.2 Å². The number of hydrogen-bond acceptors (Lipinski definition) is 6. The van der Waals surface area contributed by atoms with Crippen molar-refractivity contribution in [3.05, 3.63) is 23.8 Å². The van der Waals surface area contributed by atoms with E-state index in [1.54, 1.807) is 26.8 Å². The van der Waals surface area contributed by atoms with Gasteiger partial charge in [0.25, 0.3) is 0 Å². The van der Waals surface area contributed by atoms with E-state index in [0.717, 1.165) is 6.42 Å². The summed E-state index contributed by atoms with van der Waals surface area (Å²) in [7, 11) is 0. The first-order valence-corrected chi connectivity index (χ1v) is 10.00. The average Bonchev–Trinajstić information content (AvgIpc) is 2.61. The van der Waals surface area contributed by atoms with Crippen LogP contribution in [0.25, 0.3) is 0 Å². The van der Waals surface area contributed by atoms with Crippen LogP contribution in [0.3, 0.4) is 0 Å². The molecule has 0 bridgehead atoms. The van der Waals surface area contributed by atoms with Crippen molar-refractivity contribution in [3.63, 3.8) is 0 Å². The van der Waals surface area contributed by atoms with Gasteiger partial charge < -0.3 is 19.3 Å². The summed E-state index contributed by atoms with van der Waals surface area (Å²) in [4.78, 5) is 23.7. The fourth-order valence-electron chi connectivity index (χ4n) is 3.98. The summed E-state index contributed by atoms with van der Waals surface area (Å²) in [6.07, 6.45) is 7.81. The van der Waals surface area contributed by atoms with Crippen molar-refractivity contribution in [1.82, 2.24) is 0 Å². The maximum absolute atomic E-state index is 12.3. The van der Waals surface area contributed by atoms with Crippen LogP contribution in [0.15, 0.2) is 23.8 Å². The van der Waals surface area contributed by atoms with E-state index in [1.165, 1.54) is 6.92 Å². The highest BCUT2D eigenvalue weighted by Crippen LogP contribution is 2.45. The van der Waals surface area contributed by atoms with E-state index in [1.807, 2.05) is 26.0 Å². The Hall–Kier alpha value is -1.66. The predicted octanol–water partition coefficient (Wildman–Crippen LogP) is 3.47. The summed E-state index contributed by atoms with van der Waals surface area (Å²) in [5.41, 5.74) is -1.71. The molecule has 2 rings (SSSR count). The average molecular weight is 395 g/mol. The Morgan fingerprint density at radius 1 is 1.21 bits per heavy atom. The number of allylic oxidation sites excluding steroid dienone is 1. The molecular formula is C22H34O6. The third-order valence-electron chi connectivity index (χ3n) is 6.05. The zero-order valence-electron chi connectivity index (χ0n) is 17.9. The molecule has 1 N–H and O–H groups in total. The zero-order valence-corrected chi connectivity index (χ0v) is 17.9. The fourth-order valence-corrected chi connectivity index (χ4v) is 3.98. The van der Waals surface area contributed by atoms with Gasteiger partial charge in [0.2, 0.25) is 0 Å². The first-order chi connectivity index (χ1) is 12.9. The SMILES string of the molecule is CC=C(C)C(=O)OC1CCC(C)(C2C=CC(C)(O)CC2)OC1(C)COC(C)=O. The molecule has 2 aliphatic rings. The number of esters is 2. The molecule has 1 aliphatic carbocycles. The number of rotatable bonds is 5. The molecule has 1 heterocycles. The summed E-state index contributed by atoms with van der Waals surface area (Å²) in [6, 6.07) is 0. The largest absolute Gasteiger partial charge is 0.463 e. The molecule has 158 valence electrons. The summed E-state index contributed by atoms with van der Waals surface area (Å²) in [6.45, 7) is 10.5. The van der Waals surface area contributed by atoms with Crippen LogP contribution in [0, 0.1) is 5.92 Å². The van der Waals surface area contributed by atoms with Gasteiger partial charge >= 0.3 is 11.9 Å². The normalized spacial score (nSPS) is 38.8. The van der Waals surface area contributed by atoms with Gasteiger partial charge in [0, 0.05) is 18.4 Å². The lowest BCUT2D eigenvalue weighted by atomic mass is 9.72. The van der Waals surface area contributed by atoms with Crippen molar-refractivity contribution in [2.75, 3.05) is 6.61 Å². The molecule has 0 radical (unpaired) electrons. The molecule has 1 aliphatic heterocycles. The van der Waals surface area contributed by atoms with Gasteiger partial charge in [-0.3, -0.25) is 4.79 Å². The first-order valence-electron chi connectivity index (χ1n) is 10.00. The van der Waals surface area contributed by atoms with Gasteiger partial charge in [-0.05, 0) is 60.3 Å². The van der Waals surface area contributed by atoms with E-state index in [-0.39, 0.29) is 18.5 Å². The Kier molecular flexibility index (Phi) is 6.77. The number of aliphatic hydroxyl groups is 1. The highest BCUT2D eigenvalue weighted by Gasteiger charge is 2.52. The molecule has 6 nitrogen and oxygen atoms in total. The van der Waals surface area contributed by atoms with Gasteiger partial charge in [-0.2, -0.15) is 0 Å². The fraction of sp³-hybridized carbons (Fsp3) is 0.727. The minimum atomic E-state index is -0.948. The molecule has 28 heavy (non-hydrogen) atoms. The van der Waals surface area contributed by atoms with E-state index in [0.29, 0.717) is 24.8 Å². The molecule has 0 aromatic carbocycles. The minimum absolute atomic E-state index is 0.0128. The predicted molar refractivity (Wildman–Crippen MR) is 106 cm³/mol. The van der Waals surface area contributed by atoms with Crippen LogP contribution in [0.5, 0.6) is 0 Å². The monoisotopic (exact) mass is 394 g/mol. The Morgan fingerprint density at radius 3 is 2.43 bits per heavy atom. The zero-order chi connectivity index (χ0) is 21.2. The number of carbonyl (C=O) groups excluding carboxylic acids is 2. The van der Waals surface area contributed by atoms with Crippen molar-refractivity contribution < 1.29 is 28.9 Å². The minimum Gasteiger partial charge on any atom is -0.463 e. The molecule has 0 aromatic heterocycles. The second kappa shape index (κ2) is 8.37. The van der Waals surface area contributed by atoms with Crippen LogP contribution >= 0.6 is 0 Å². The van der Waals surface area contributed by atoms with Crippen LogP contribution in [-0.4, -0.2) is 46.6 Å². The lowest BCUT2D eigenvalue weighted by Gasteiger charge is -2.51. The quantitative estimate of drug-likeness (QED) is 0.437. The molecule has 1 saturated heterocycles. The topological polar surface area (TPSA) is 82.1 Å². The Balaban J connectivity index is 2.23. The summed E-state index contributed by atoms with van der Waals surface area (Å²) in [5.74, 6) is -0.666. The molecule has 0 spiro atoms. The standard InChI is InChI=1S/C22H34O6/c1-7-15(2)19(24)27-18-10-13-21(5,17-8-11-20(4,25)12-9-17)28-22(18,6)14-26-16(3)23/h7-8,11,17-18,25H,9-10,12-14H2,1-6H3. The summed E-state index contributed by atoms with van der Waals surface area (Å²) >= 11 is 0. The molecule has 5 unspecified atom stereocenters. The molecule has 1 fully saturated rings. The molecule has 6 heteroatoms. The second-order valence-electron chi connectivity index (χ2n) is 8.77. The van der Waals surface area contributed by atoms with E-state index < -0.39 is 28.9 Å². The number of carbonyl (C=O) groups is 2. The molecular weight excluding hydrogens is 360 g/mol. The van der Waals surface area contributed by atoms with Gasteiger partial charge in [0.05, 0.1) is 11.2 Å². The van der Waals surface area contributed by atoms with Crippen molar-refractivity contribution >= 4 is 11.9 Å². The molecule has 5 atom stereocenters. The first kappa shape index (κ1) is 22.6. The Bertz CT molecular complexity index is 664. The van der Waals surface area contributed by atoms with Crippen molar-refractivity contribution in [1.29, 1.82) is 0 Å². The van der Waals surface area contributed by atoms with Crippen LogP contribution in [0.4, 0.5) is 0 Å². The maximum atomic E-state index is 12.3. The van der Waals surface area contributed by atoms with E-state index in [4.69, 9.17) is 14.2 Å². The number of ether oxygens (including phenoxy) is 3. The van der Waals surface area contributed by atoms with Crippen molar-refractivity contribution in [2.45, 2.75) is 90.1 Å². The Labute approximate surface area is 167 Å².